The number of nitrogens with zero attached hydrogens (tertiary/aromatic N) is 2. The van der Waals surface area contributed by atoms with Crippen molar-refractivity contribution in [2.45, 2.75) is 26.8 Å². The van der Waals surface area contributed by atoms with Gasteiger partial charge in [0.2, 0.25) is 0 Å². The van der Waals surface area contributed by atoms with E-state index >= 15 is 0 Å². The van der Waals surface area contributed by atoms with E-state index in [0.29, 0.717) is 5.75 Å². The fourth-order valence-corrected chi connectivity index (χ4v) is 1.78. The van der Waals surface area contributed by atoms with Crippen LogP contribution in [0.3, 0.4) is 0 Å². The van der Waals surface area contributed by atoms with Crippen molar-refractivity contribution in [2.75, 3.05) is 0 Å². The van der Waals surface area contributed by atoms with Gasteiger partial charge in [-0.25, -0.2) is 0 Å². The second-order valence-electron chi connectivity index (χ2n) is 3.94. The van der Waals surface area contributed by atoms with E-state index in [9.17, 15) is 5.11 Å². The van der Waals surface area contributed by atoms with Crippen molar-refractivity contribution in [3.8, 4) is 17.0 Å². The van der Waals surface area contributed by atoms with Crippen LogP contribution in [-0.2, 0) is 6.54 Å². The standard InChI is InChI=1S/C13H16N2O/c1-3-8-15-12(6-7-14-15)11-4-5-13(16)10(2)9-11/h4-7,9,16H,3,8H2,1-2H3. The molecule has 0 bridgehead atoms. The number of benzene rings is 1. The maximum Gasteiger partial charge on any atom is 0.118 e. The molecule has 16 heavy (non-hydrogen) atoms. The average molecular weight is 216 g/mol. The molecule has 1 aromatic carbocycles. The van der Waals surface area contributed by atoms with Gasteiger partial charge in [0, 0.05) is 18.3 Å². The Hall–Kier alpha value is -1.77. The molecule has 1 aromatic heterocycles. The van der Waals surface area contributed by atoms with Gasteiger partial charge in [-0.2, -0.15) is 5.10 Å². The maximum atomic E-state index is 9.49. The minimum absolute atomic E-state index is 0.338. The number of phenols is 1. The molecule has 0 spiro atoms. The molecule has 0 amide bonds. The van der Waals surface area contributed by atoms with Gasteiger partial charge in [-0.3, -0.25) is 4.68 Å². The van der Waals surface area contributed by atoms with Crippen LogP contribution in [0.25, 0.3) is 11.3 Å². The SMILES string of the molecule is CCCn1nccc1-c1ccc(O)c(C)c1. The van der Waals surface area contributed by atoms with Crippen molar-refractivity contribution in [1.29, 1.82) is 0 Å². The van der Waals surface area contributed by atoms with Gasteiger partial charge >= 0.3 is 0 Å². The number of aryl methyl sites for hydroxylation is 2. The highest BCUT2D eigenvalue weighted by Crippen LogP contribution is 2.25. The molecular weight excluding hydrogens is 200 g/mol. The van der Waals surface area contributed by atoms with Crippen molar-refractivity contribution < 1.29 is 5.11 Å². The topological polar surface area (TPSA) is 38.0 Å². The summed E-state index contributed by atoms with van der Waals surface area (Å²) in [5, 5.41) is 13.8. The molecule has 0 unspecified atom stereocenters. The summed E-state index contributed by atoms with van der Waals surface area (Å²) in [5.74, 6) is 0.338. The second-order valence-corrected chi connectivity index (χ2v) is 3.94. The van der Waals surface area contributed by atoms with Crippen LogP contribution in [0.1, 0.15) is 18.9 Å². The van der Waals surface area contributed by atoms with E-state index in [1.165, 1.54) is 0 Å². The van der Waals surface area contributed by atoms with Gasteiger partial charge in [0.15, 0.2) is 0 Å². The highest BCUT2D eigenvalue weighted by atomic mass is 16.3. The number of hydrogen-bond acceptors (Lipinski definition) is 2. The number of phenolic OH excluding ortho intramolecular Hbond substituents is 1. The van der Waals surface area contributed by atoms with Crippen LogP contribution in [-0.4, -0.2) is 14.9 Å². The van der Waals surface area contributed by atoms with Gasteiger partial charge in [0.05, 0.1) is 5.69 Å². The molecule has 1 heterocycles. The van der Waals surface area contributed by atoms with Gasteiger partial charge in [-0.1, -0.05) is 6.92 Å². The van der Waals surface area contributed by atoms with Crippen LogP contribution >= 0.6 is 0 Å². The summed E-state index contributed by atoms with van der Waals surface area (Å²) in [6.07, 6.45) is 2.87. The Balaban J connectivity index is 2.42. The van der Waals surface area contributed by atoms with E-state index in [-0.39, 0.29) is 0 Å². The molecule has 3 heteroatoms. The number of aromatic nitrogens is 2. The lowest BCUT2D eigenvalue weighted by molar-refractivity contribution is 0.471. The molecule has 0 aliphatic heterocycles. The fourth-order valence-electron chi connectivity index (χ4n) is 1.78. The summed E-state index contributed by atoms with van der Waals surface area (Å²) in [6, 6.07) is 7.64. The monoisotopic (exact) mass is 216 g/mol. The zero-order chi connectivity index (χ0) is 11.5. The molecule has 0 aliphatic carbocycles. The predicted molar refractivity (Wildman–Crippen MR) is 64.4 cm³/mol. The molecular formula is C13H16N2O. The summed E-state index contributed by atoms with van der Waals surface area (Å²) < 4.78 is 1.99. The summed E-state index contributed by atoms with van der Waals surface area (Å²) >= 11 is 0. The van der Waals surface area contributed by atoms with Crippen molar-refractivity contribution in [3.63, 3.8) is 0 Å². The fraction of sp³-hybridized carbons (Fsp3) is 0.308. The molecule has 0 saturated carbocycles. The first kappa shape index (κ1) is 10.7. The van der Waals surface area contributed by atoms with E-state index in [1.54, 1.807) is 6.07 Å². The molecule has 0 fully saturated rings. The lowest BCUT2D eigenvalue weighted by Crippen LogP contribution is -2.00. The Morgan fingerprint density at radius 1 is 1.31 bits per heavy atom. The third kappa shape index (κ3) is 1.94. The number of hydrogen-bond donors (Lipinski definition) is 1. The third-order valence-corrected chi connectivity index (χ3v) is 2.64. The van der Waals surface area contributed by atoms with Crippen LogP contribution in [0.5, 0.6) is 5.75 Å². The zero-order valence-corrected chi connectivity index (χ0v) is 9.64. The van der Waals surface area contributed by atoms with Gasteiger partial charge in [-0.15, -0.1) is 0 Å². The molecule has 0 atom stereocenters. The predicted octanol–water partition coefficient (Wildman–Crippen LogP) is 2.97. The Kier molecular flexibility index (Phi) is 2.95. The summed E-state index contributed by atoms with van der Waals surface area (Å²) in [7, 11) is 0. The van der Waals surface area contributed by atoms with Crippen LogP contribution in [0.4, 0.5) is 0 Å². The summed E-state index contributed by atoms with van der Waals surface area (Å²) in [4.78, 5) is 0. The van der Waals surface area contributed by atoms with E-state index in [1.807, 2.05) is 36.0 Å². The lowest BCUT2D eigenvalue weighted by Gasteiger charge is -2.07. The minimum atomic E-state index is 0.338. The molecule has 2 rings (SSSR count). The quantitative estimate of drug-likeness (QED) is 0.856. The molecule has 84 valence electrons. The highest BCUT2D eigenvalue weighted by Gasteiger charge is 2.06. The first-order chi connectivity index (χ1) is 7.72. The van der Waals surface area contributed by atoms with Gasteiger partial charge in [0.1, 0.15) is 5.75 Å². The van der Waals surface area contributed by atoms with Crippen LogP contribution < -0.4 is 0 Å². The van der Waals surface area contributed by atoms with Crippen LogP contribution in [0.15, 0.2) is 30.5 Å². The molecule has 1 N–H and O–H groups in total. The van der Waals surface area contributed by atoms with E-state index < -0.39 is 0 Å². The van der Waals surface area contributed by atoms with E-state index in [0.717, 1.165) is 29.8 Å². The first-order valence-electron chi connectivity index (χ1n) is 5.54. The van der Waals surface area contributed by atoms with Gasteiger partial charge in [-0.05, 0) is 43.2 Å². The zero-order valence-electron chi connectivity index (χ0n) is 9.64. The maximum absolute atomic E-state index is 9.49. The smallest absolute Gasteiger partial charge is 0.118 e. The van der Waals surface area contributed by atoms with Crippen molar-refractivity contribution >= 4 is 0 Å². The first-order valence-corrected chi connectivity index (χ1v) is 5.54. The van der Waals surface area contributed by atoms with E-state index in [4.69, 9.17) is 0 Å². The Morgan fingerprint density at radius 3 is 2.81 bits per heavy atom. The largest absolute Gasteiger partial charge is 0.508 e. The normalized spacial score (nSPS) is 10.6. The van der Waals surface area contributed by atoms with Gasteiger partial charge in [0.25, 0.3) is 0 Å². The lowest BCUT2D eigenvalue weighted by atomic mass is 10.1. The Bertz CT molecular complexity index is 488. The molecule has 0 saturated heterocycles. The molecule has 2 aromatic rings. The molecule has 0 aliphatic rings. The van der Waals surface area contributed by atoms with Crippen molar-refractivity contribution in [2.24, 2.45) is 0 Å². The van der Waals surface area contributed by atoms with Gasteiger partial charge < -0.3 is 5.11 Å². The molecule has 0 radical (unpaired) electrons. The second kappa shape index (κ2) is 4.39. The third-order valence-electron chi connectivity index (χ3n) is 2.64. The van der Waals surface area contributed by atoms with Crippen molar-refractivity contribution in [1.82, 2.24) is 9.78 Å². The van der Waals surface area contributed by atoms with Crippen molar-refractivity contribution in [3.05, 3.63) is 36.0 Å². The van der Waals surface area contributed by atoms with E-state index in [2.05, 4.69) is 12.0 Å². The van der Waals surface area contributed by atoms with Crippen LogP contribution in [0.2, 0.25) is 0 Å². The average Bonchev–Trinajstić information content (AvgIpc) is 2.71. The molecule has 3 nitrogen and oxygen atoms in total. The Morgan fingerprint density at radius 2 is 2.12 bits per heavy atom. The minimum Gasteiger partial charge on any atom is -0.508 e. The summed E-state index contributed by atoms with van der Waals surface area (Å²) in [6.45, 7) is 4.95. The Labute approximate surface area is 95.3 Å². The highest BCUT2D eigenvalue weighted by molar-refractivity contribution is 5.61. The number of aromatic hydroxyl groups is 1. The summed E-state index contributed by atoms with van der Waals surface area (Å²) in [5.41, 5.74) is 3.09. The number of rotatable bonds is 3. The van der Waals surface area contributed by atoms with Crippen LogP contribution in [0, 0.1) is 6.92 Å².